The first-order valence-electron chi connectivity index (χ1n) is 20.9. The molecule has 2 heterocycles. The minimum Gasteiger partial charge on any atom is -0.456 e. The fourth-order valence-corrected chi connectivity index (χ4v) is 9.56. The Kier molecular flexibility index (Phi) is 8.17. The van der Waals surface area contributed by atoms with E-state index in [1.54, 1.807) is 0 Å². The SMILES string of the molecule is c1ccc(-c2cccc3cccc(-c4ccccc4N(c4ccccc4-c4ccc5c6ccccc6n(-c6ccccc6)c5c4)c4cccc5oc6ccccc6c45)c23)cc1. The summed E-state index contributed by atoms with van der Waals surface area (Å²) in [5, 5.41) is 7.04. The summed E-state index contributed by atoms with van der Waals surface area (Å²) >= 11 is 0. The Morgan fingerprint density at radius 2 is 0.902 bits per heavy atom. The van der Waals surface area contributed by atoms with E-state index in [2.05, 4.69) is 234 Å². The predicted octanol–water partition coefficient (Wildman–Crippen LogP) is 16.3. The van der Waals surface area contributed by atoms with Gasteiger partial charge in [-0.1, -0.05) is 176 Å². The summed E-state index contributed by atoms with van der Waals surface area (Å²) in [5.41, 5.74) is 15.4. The molecule has 0 bridgehead atoms. The molecule has 0 aliphatic heterocycles. The molecule has 0 fully saturated rings. The van der Waals surface area contributed by atoms with Gasteiger partial charge in [0.2, 0.25) is 0 Å². The van der Waals surface area contributed by atoms with Gasteiger partial charge >= 0.3 is 0 Å². The first-order chi connectivity index (χ1) is 30.3. The maximum Gasteiger partial charge on any atom is 0.137 e. The Labute approximate surface area is 353 Å². The van der Waals surface area contributed by atoms with Crippen LogP contribution in [0, 0.1) is 0 Å². The first kappa shape index (κ1) is 34.9. The molecule has 3 nitrogen and oxygen atoms in total. The van der Waals surface area contributed by atoms with Gasteiger partial charge in [-0.2, -0.15) is 0 Å². The van der Waals surface area contributed by atoms with Crippen LogP contribution in [-0.2, 0) is 0 Å². The maximum atomic E-state index is 6.57. The van der Waals surface area contributed by atoms with Crippen molar-refractivity contribution >= 4 is 71.6 Å². The molecule has 0 amide bonds. The Morgan fingerprint density at radius 3 is 1.72 bits per heavy atom. The summed E-state index contributed by atoms with van der Waals surface area (Å²) in [5.74, 6) is 0. The van der Waals surface area contributed by atoms with E-state index in [0.29, 0.717) is 0 Å². The van der Waals surface area contributed by atoms with Crippen molar-refractivity contribution in [3.63, 3.8) is 0 Å². The van der Waals surface area contributed by atoms with E-state index >= 15 is 0 Å². The molecule has 0 unspecified atom stereocenters. The lowest BCUT2D eigenvalue weighted by Gasteiger charge is -2.30. The van der Waals surface area contributed by atoms with Gasteiger partial charge in [-0.3, -0.25) is 0 Å². The molecular formula is C58H38N2O. The number of fused-ring (bicyclic) bond motifs is 7. The van der Waals surface area contributed by atoms with Gasteiger partial charge in [-0.15, -0.1) is 0 Å². The van der Waals surface area contributed by atoms with Gasteiger partial charge in [-0.05, 0) is 87.6 Å². The summed E-state index contributed by atoms with van der Waals surface area (Å²) in [6.07, 6.45) is 0. The summed E-state index contributed by atoms with van der Waals surface area (Å²) in [4.78, 5) is 2.47. The fraction of sp³-hybridized carbons (Fsp3) is 0. The number of rotatable bonds is 7. The van der Waals surface area contributed by atoms with Gasteiger partial charge in [0.1, 0.15) is 11.2 Å². The fourth-order valence-electron chi connectivity index (χ4n) is 9.56. The molecule has 3 heteroatoms. The molecule has 0 saturated carbocycles. The van der Waals surface area contributed by atoms with E-state index in [0.717, 1.165) is 61.4 Å². The molecule has 12 rings (SSSR count). The normalized spacial score (nSPS) is 11.6. The molecule has 0 aliphatic carbocycles. The van der Waals surface area contributed by atoms with Gasteiger partial charge in [-0.25, -0.2) is 0 Å². The van der Waals surface area contributed by atoms with E-state index in [1.165, 1.54) is 49.3 Å². The first-order valence-corrected chi connectivity index (χ1v) is 20.9. The number of hydrogen-bond acceptors (Lipinski definition) is 2. The van der Waals surface area contributed by atoms with E-state index in [9.17, 15) is 0 Å². The Hall–Kier alpha value is -8.14. The standard InChI is InChI=1S/C58H38N2O/c1-3-18-39(19-4-1)44-28-15-20-40-21-16-29-48(57(40)44)46-26-9-13-32-52(46)60(53-33-17-35-56-58(53)49-27-10-14-34-55(49)61-56)50-30-11-7-24-43(50)41-36-37-47-45-25-8-12-31-51(45)59(54(47)38-41)42-22-5-2-6-23-42/h1-38H. The van der Waals surface area contributed by atoms with Crippen molar-refractivity contribution in [1.29, 1.82) is 0 Å². The second kappa shape index (κ2) is 14.3. The zero-order valence-electron chi connectivity index (χ0n) is 33.2. The van der Waals surface area contributed by atoms with Crippen molar-refractivity contribution in [3.8, 4) is 39.1 Å². The van der Waals surface area contributed by atoms with Gasteiger partial charge in [0, 0.05) is 33.0 Å². The van der Waals surface area contributed by atoms with Crippen LogP contribution in [0.5, 0.6) is 0 Å². The minimum atomic E-state index is 0.851. The number of furan rings is 1. The zero-order valence-corrected chi connectivity index (χ0v) is 33.2. The molecule has 0 aliphatic rings. The average Bonchev–Trinajstić information content (AvgIpc) is 3.88. The molecule has 12 aromatic rings. The number of anilines is 3. The number of para-hydroxylation sites is 5. The van der Waals surface area contributed by atoms with Crippen LogP contribution in [-0.4, -0.2) is 4.57 Å². The van der Waals surface area contributed by atoms with Gasteiger partial charge in [0.15, 0.2) is 0 Å². The second-order valence-electron chi connectivity index (χ2n) is 15.6. The van der Waals surface area contributed by atoms with Gasteiger partial charge < -0.3 is 13.9 Å². The lowest BCUT2D eigenvalue weighted by atomic mass is 9.90. The van der Waals surface area contributed by atoms with E-state index in [1.807, 2.05) is 6.07 Å². The molecule has 0 radical (unpaired) electrons. The van der Waals surface area contributed by atoms with Crippen molar-refractivity contribution in [2.75, 3.05) is 4.90 Å². The quantitative estimate of drug-likeness (QED) is 0.161. The highest BCUT2D eigenvalue weighted by molar-refractivity contribution is 6.16. The van der Waals surface area contributed by atoms with E-state index in [-0.39, 0.29) is 0 Å². The van der Waals surface area contributed by atoms with Crippen LogP contribution in [0.2, 0.25) is 0 Å². The lowest BCUT2D eigenvalue weighted by Crippen LogP contribution is -2.13. The summed E-state index contributed by atoms with van der Waals surface area (Å²) in [6, 6.07) is 83.0. The van der Waals surface area contributed by atoms with Crippen LogP contribution in [0.1, 0.15) is 0 Å². The second-order valence-corrected chi connectivity index (χ2v) is 15.6. The topological polar surface area (TPSA) is 21.3 Å². The Bertz CT molecular complexity index is 3590. The van der Waals surface area contributed by atoms with Crippen LogP contribution < -0.4 is 4.90 Å². The van der Waals surface area contributed by atoms with Gasteiger partial charge in [0.25, 0.3) is 0 Å². The summed E-state index contributed by atoms with van der Waals surface area (Å²) < 4.78 is 8.97. The average molecular weight is 779 g/mol. The third-order valence-electron chi connectivity index (χ3n) is 12.2. The van der Waals surface area contributed by atoms with Gasteiger partial charge in [0.05, 0.1) is 33.5 Å². The van der Waals surface area contributed by atoms with Crippen LogP contribution in [0.25, 0.3) is 93.6 Å². The number of aromatic nitrogens is 1. The molecule has 0 spiro atoms. The monoisotopic (exact) mass is 778 g/mol. The third kappa shape index (κ3) is 5.66. The largest absolute Gasteiger partial charge is 0.456 e. The lowest BCUT2D eigenvalue weighted by molar-refractivity contribution is 0.669. The maximum absolute atomic E-state index is 6.57. The van der Waals surface area contributed by atoms with Crippen molar-refractivity contribution in [2.45, 2.75) is 0 Å². The molecular weight excluding hydrogens is 741 g/mol. The van der Waals surface area contributed by atoms with Crippen molar-refractivity contribution in [3.05, 3.63) is 231 Å². The highest BCUT2D eigenvalue weighted by Gasteiger charge is 2.25. The molecule has 0 saturated heterocycles. The summed E-state index contributed by atoms with van der Waals surface area (Å²) in [7, 11) is 0. The van der Waals surface area contributed by atoms with Crippen LogP contribution in [0.15, 0.2) is 235 Å². The van der Waals surface area contributed by atoms with Crippen molar-refractivity contribution < 1.29 is 4.42 Å². The molecule has 2 aromatic heterocycles. The molecule has 0 atom stereocenters. The molecule has 61 heavy (non-hydrogen) atoms. The molecule has 0 N–H and O–H groups in total. The Morgan fingerprint density at radius 1 is 0.328 bits per heavy atom. The molecule has 286 valence electrons. The van der Waals surface area contributed by atoms with Crippen LogP contribution in [0.3, 0.4) is 0 Å². The van der Waals surface area contributed by atoms with Crippen LogP contribution in [0.4, 0.5) is 17.1 Å². The van der Waals surface area contributed by atoms with Crippen molar-refractivity contribution in [2.24, 2.45) is 0 Å². The number of nitrogens with zero attached hydrogens (tertiary/aromatic N) is 2. The van der Waals surface area contributed by atoms with E-state index in [4.69, 9.17) is 4.42 Å². The molecule has 10 aromatic carbocycles. The number of hydrogen-bond donors (Lipinski definition) is 0. The zero-order chi connectivity index (χ0) is 40.3. The third-order valence-corrected chi connectivity index (χ3v) is 12.2. The highest BCUT2D eigenvalue weighted by atomic mass is 16.3. The minimum absolute atomic E-state index is 0.851. The van der Waals surface area contributed by atoms with Crippen LogP contribution >= 0.6 is 0 Å². The smallest absolute Gasteiger partial charge is 0.137 e. The summed E-state index contributed by atoms with van der Waals surface area (Å²) in [6.45, 7) is 0. The van der Waals surface area contributed by atoms with Crippen molar-refractivity contribution in [1.82, 2.24) is 4.57 Å². The van der Waals surface area contributed by atoms with E-state index < -0.39 is 0 Å². The predicted molar refractivity (Wildman–Crippen MR) is 257 cm³/mol. The Balaban J connectivity index is 1.15. The highest BCUT2D eigenvalue weighted by Crippen LogP contribution is 2.50. The number of benzene rings is 10.